The first-order valence-electron chi connectivity index (χ1n) is 2.90. The summed E-state index contributed by atoms with van der Waals surface area (Å²) in [5.41, 5.74) is 4.87. The van der Waals surface area contributed by atoms with E-state index in [1.807, 2.05) is 0 Å². The van der Waals surface area contributed by atoms with Crippen LogP contribution in [-0.2, 0) is 9.53 Å². The molecular formula is C5H8N2O3. The second-order valence-electron chi connectivity index (χ2n) is 2.11. The minimum Gasteiger partial charge on any atom is -0.447 e. The molecule has 1 rings (SSSR count). The SMILES string of the molecule is NC(=O)CC1COC(=O)N1. The van der Waals surface area contributed by atoms with Crippen molar-refractivity contribution in [2.75, 3.05) is 6.61 Å². The second kappa shape index (κ2) is 2.55. The van der Waals surface area contributed by atoms with E-state index in [9.17, 15) is 9.59 Å². The van der Waals surface area contributed by atoms with Gasteiger partial charge in [0.05, 0.1) is 12.5 Å². The number of nitrogens with two attached hydrogens (primary N) is 1. The van der Waals surface area contributed by atoms with Crippen molar-refractivity contribution in [1.82, 2.24) is 5.32 Å². The van der Waals surface area contributed by atoms with Gasteiger partial charge >= 0.3 is 6.09 Å². The predicted octanol–water partition coefficient (Wildman–Crippen LogP) is -1.03. The molecule has 0 aliphatic carbocycles. The summed E-state index contributed by atoms with van der Waals surface area (Å²) in [6.07, 6.45) is -0.336. The summed E-state index contributed by atoms with van der Waals surface area (Å²) in [4.78, 5) is 20.6. The molecule has 5 heteroatoms. The molecule has 56 valence electrons. The molecule has 0 radical (unpaired) electrons. The van der Waals surface area contributed by atoms with Crippen LogP contribution in [0.1, 0.15) is 6.42 Å². The summed E-state index contributed by atoms with van der Waals surface area (Å²) in [7, 11) is 0. The summed E-state index contributed by atoms with van der Waals surface area (Å²) in [5, 5.41) is 2.42. The number of cyclic esters (lactones) is 1. The van der Waals surface area contributed by atoms with Gasteiger partial charge in [-0.15, -0.1) is 0 Å². The lowest BCUT2D eigenvalue weighted by Crippen LogP contribution is -2.31. The minimum atomic E-state index is -0.480. The molecule has 1 aliphatic heterocycles. The molecule has 1 aliphatic rings. The summed E-state index contributed by atoms with van der Waals surface area (Å²) in [6.45, 7) is 0.238. The molecule has 5 nitrogen and oxygen atoms in total. The first-order valence-corrected chi connectivity index (χ1v) is 2.90. The molecule has 0 saturated carbocycles. The maximum absolute atomic E-state index is 10.3. The molecule has 2 amide bonds. The lowest BCUT2D eigenvalue weighted by molar-refractivity contribution is -0.118. The Kier molecular flexibility index (Phi) is 1.75. The fourth-order valence-corrected chi connectivity index (χ4v) is 0.779. The number of primary amides is 1. The highest BCUT2D eigenvalue weighted by Crippen LogP contribution is 2.00. The van der Waals surface area contributed by atoms with Crippen LogP contribution in [-0.4, -0.2) is 24.6 Å². The Labute approximate surface area is 57.5 Å². The highest BCUT2D eigenvalue weighted by atomic mass is 16.6. The van der Waals surface area contributed by atoms with E-state index < -0.39 is 12.0 Å². The van der Waals surface area contributed by atoms with Crippen LogP contribution in [0, 0.1) is 0 Å². The third-order valence-electron chi connectivity index (χ3n) is 1.19. The van der Waals surface area contributed by atoms with Crippen molar-refractivity contribution >= 4 is 12.0 Å². The highest BCUT2D eigenvalue weighted by Gasteiger charge is 2.23. The molecule has 0 spiro atoms. The van der Waals surface area contributed by atoms with Crippen molar-refractivity contribution < 1.29 is 14.3 Å². The van der Waals surface area contributed by atoms with E-state index in [2.05, 4.69) is 10.1 Å². The van der Waals surface area contributed by atoms with Crippen LogP contribution < -0.4 is 11.1 Å². The predicted molar refractivity (Wildman–Crippen MR) is 32.1 cm³/mol. The summed E-state index contributed by atoms with van der Waals surface area (Å²) in [5.74, 6) is -0.434. The van der Waals surface area contributed by atoms with Crippen LogP contribution in [0.2, 0.25) is 0 Å². The van der Waals surface area contributed by atoms with Gasteiger partial charge in [-0.25, -0.2) is 4.79 Å². The average Bonchev–Trinajstić information content (AvgIpc) is 2.13. The number of nitrogens with one attached hydrogen (secondary N) is 1. The average molecular weight is 144 g/mol. The fraction of sp³-hybridized carbons (Fsp3) is 0.600. The Morgan fingerprint density at radius 3 is 3.00 bits per heavy atom. The van der Waals surface area contributed by atoms with Crippen molar-refractivity contribution in [2.24, 2.45) is 5.73 Å². The van der Waals surface area contributed by atoms with Crippen LogP contribution in [0.15, 0.2) is 0 Å². The number of rotatable bonds is 2. The molecule has 1 heterocycles. The van der Waals surface area contributed by atoms with Crippen molar-refractivity contribution in [1.29, 1.82) is 0 Å². The summed E-state index contributed by atoms with van der Waals surface area (Å²) in [6, 6.07) is -0.231. The van der Waals surface area contributed by atoms with Crippen LogP contribution in [0.4, 0.5) is 4.79 Å². The first kappa shape index (κ1) is 6.85. The summed E-state index contributed by atoms with van der Waals surface area (Å²) >= 11 is 0. The van der Waals surface area contributed by atoms with Gasteiger partial charge in [0.1, 0.15) is 6.61 Å². The molecule has 0 bridgehead atoms. The standard InChI is InChI=1S/C5H8N2O3/c6-4(8)1-3-2-10-5(9)7-3/h3H,1-2H2,(H2,6,8)(H,7,9). The second-order valence-corrected chi connectivity index (χ2v) is 2.11. The Morgan fingerprint density at radius 1 is 1.90 bits per heavy atom. The van der Waals surface area contributed by atoms with Gasteiger partial charge in [-0.05, 0) is 0 Å². The van der Waals surface area contributed by atoms with E-state index in [-0.39, 0.29) is 19.1 Å². The van der Waals surface area contributed by atoms with Gasteiger partial charge in [-0.3, -0.25) is 4.79 Å². The monoisotopic (exact) mass is 144 g/mol. The molecule has 0 aromatic carbocycles. The normalized spacial score (nSPS) is 23.6. The Morgan fingerprint density at radius 2 is 2.60 bits per heavy atom. The van der Waals surface area contributed by atoms with Gasteiger partial charge in [0.25, 0.3) is 0 Å². The Hall–Kier alpha value is -1.26. The lowest BCUT2D eigenvalue weighted by Gasteiger charge is -2.00. The summed E-state index contributed by atoms with van der Waals surface area (Å²) < 4.78 is 4.51. The van der Waals surface area contributed by atoms with Crippen LogP contribution >= 0.6 is 0 Å². The van der Waals surface area contributed by atoms with Crippen molar-refractivity contribution in [3.05, 3.63) is 0 Å². The maximum atomic E-state index is 10.3. The van der Waals surface area contributed by atoms with E-state index in [0.29, 0.717) is 0 Å². The van der Waals surface area contributed by atoms with Gasteiger partial charge in [0, 0.05) is 0 Å². The minimum absolute atomic E-state index is 0.145. The third kappa shape index (κ3) is 1.61. The molecule has 1 unspecified atom stereocenters. The topological polar surface area (TPSA) is 81.4 Å². The molecule has 0 aromatic heterocycles. The first-order chi connectivity index (χ1) is 4.68. The number of alkyl carbamates (subject to hydrolysis) is 1. The molecule has 1 saturated heterocycles. The van der Waals surface area contributed by atoms with Gasteiger partial charge in [-0.1, -0.05) is 0 Å². The van der Waals surface area contributed by atoms with Crippen molar-refractivity contribution in [2.45, 2.75) is 12.5 Å². The van der Waals surface area contributed by atoms with Crippen LogP contribution in [0.25, 0.3) is 0 Å². The number of amides is 2. The van der Waals surface area contributed by atoms with E-state index in [0.717, 1.165) is 0 Å². The number of hydrogen-bond donors (Lipinski definition) is 2. The Bertz CT molecular complexity index is 168. The molecule has 3 N–H and O–H groups in total. The third-order valence-corrected chi connectivity index (χ3v) is 1.19. The number of hydrogen-bond acceptors (Lipinski definition) is 3. The van der Waals surface area contributed by atoms with Crippen molar-refractivity contribution in [3.63, 3.8) is 0 Å². The zero-order valence-corrected chi connectivity index (χ0v) is 5.29. The molecular weight excluding hydrogens is 136 g/mol. The number of carbonyl (C=O) groups excluding carboxylic acids is 2. The van der Waals surface area contributed by atoms with E-state index in [1.165, 1.54) is 0 Å². The fourth-order valence-electron chi connectivity index (χ4n) is 0.779. The largest absolute Gasteiger partial charge is 0.447 e. The van der Waals surface area contributed by atoms with Gasteiger partial charge < -0.3 is 15.8 Å². The maximum Gasteiger partial charge on any atom is 0.407 e. The number of carbonyl (C=O) groups is 2. The van der Waals surface area contributed by atoms with Crippen LogP contribution in [0.5, 0.6) is 0 Å². The molecule has 10 heavy (non-hydrogen) atoms. The molecule has 1 atom stereocenters. The van der Waals surface area contributed by atoms with E-state index in [4.69, 9.17) is 5.73 Å². The van der Waals surface area contributed by atoms with E-state index >= 15 is 0 Å². The quantitative estimate of drug-likeness (QED) is 0.520. The lowest BCUT2D eigenvalue weighted by atomic mass is 10.2. The Balaban J connectivity index is 2.31. The van der Waals surface area contributed by atoms with E-state index in [1.54, 1.807) is 0 Å². The van der Waals surface area contributed by atoms with Crippen molar-refractivity contribution in [3.8, 4) is 0 Å². The zero-order chi connectivity index (χ0) is 7.56. The van der Waals surface area contributed by atoms with Gasteiger partial charge in [-0.2, -0.15) is 0 Å². The molecule has 1 fully saturated rings. The smallest absolute Gasteiger partial charge is 0.407 e. The van der Waals surface area contributed by atoms with Crippen LogP contribution in [0.3, 0.4) is 0 Å². The van der Waals surface area contributed by atoms with Gasteiger partial charge in [0.15, 0.2) is 0 Å². The van der Waals surface area contributed by atoms with Gasteiger partial charge in [0.2, 0.25) is 5.91 Å². The zero-order valence-electron chi connectivity index (χ0n) is 5.29. The highest BCUT2D eigenvalue weighted by molar-refractivity contribution is 5.76. The molecule has 0 aromatic rings. The number of ether oxygens (including phenoxy) is 1.